The normalized spacial score (nSPS) is 13.3. The highest BCUT2D eigenvalue weighted by molar-refractivity contribution is 5.71. The average Bonchev–Trinajstić information content (AvgIpc) is 2.76. The molecule has 4 heteroatoms. The molecule has 2 rings (SSSR count). The van der Waals surface area contributed by atoms with Crippen LogP contribution in [0.25, 0.3) is 0 Å². The Morgan fingerprint density at radius 2 is 2.33 bits per heavy atom. The summed E-state index contributed by atoms with van der Waals surface area (Å²) in [6, 6.07) is 6.21. The van der Waals surface area contributed by atoms with E-state index in [9.17, 15) is 4.79 Å². The molecular formula is C14H19NO3. The van der Waals surface area contributed by atoms with Gasteiger partial charge in [0.2, 0.25) is 0 Å². The molecule has 0 bridgehead atoms. The quantitative estimate of drug-likeness (QED) is 0.743. The van der Waals surface area contributed by atoms with Gasteiger partial charge in [-0.05, 0) is 31.2 Å². The molecule has 0 spiro atoms. The molecule has 0 aliphatic carbocycles. The van der Waals surface area contributed by atoms with Crippen molar-refractivity contribution in [2.75, 3.05) is 26.8 Å². The van der Waals surface area contributed by atoms with Crippen LogP contribution in [0.2, 0.25) is 0 Å². The van der Waals surface area contributed by atoms with Crippen molar-refractivity contribution in [2.45, 2.75) is 19.9 Å². The molecular weight excluding hydrogens is 230 g/mol. The van der Waals surface area contributed by atoms with Gasteiger partial charge in [-0.3, -0.25) is 9.69 Å². The van der Waals surface area contributed by atoms with E-state index in [0.29, 0.717) is 13.2 Å². The van der Waals surface area contributed by atoms with Gasteiger partial charge in [0, 0.05) is 13.0 Å². The third-order valence-corrected chi connectivity index (χ3v) is 2.91. The van der Waals surface area contributed by atoms with Gasteiger partial charge >= 0.3 is 5.97 Å². The van der Waals surface area contributed by atoms with E-state index in [1.54, 1.807) is 0 Å². The van der Waals surface area contributed by atoms with Crippen LogP contribution in [-0.4, -0.2) is 37.7 Å². The standard InChI is InChI=1S/C14H19NO3/c1-3-17-14(16)10-15(2)9-11-4-5-13-12(8-11)6-7-18-13/h4-5,8H,3,6-7,9-10H2,1-2H3. The summed E-state index contributed by atoms with van der Waals surface area (Å²) in [4.78, 5) is 13.3. The van der Waals surface area contributed by atoms with E-state index in [1.807, 2.05) is 31.0 Å². The topological polar surface area (TPSA) is 38.8 Å². The van der Waals surface area contributed by atoms with Crippen molar-refractivity contribution in [2.24, 2.45) is 0 Å². The van der Waals surface area contributed by atoms with Gasteiger partial charge in [-0.15, -0.1) is 0 Å². The van der Waals surface area contributed by atoms with Crippen molar-refractivity contribution in [1.82, 2.24) is 4.90 Å². The monoisotopic (exact) mass is 249 g/mol. The van der Waals surface area contributed by atoms with Gasteiger partial charge in [-0.25, -0.2) is 0 Å². The van der Waals surface area contributed by atoms with Crippen LogP contribution >= 0.6 is 0 Å². The molecule has 18 heavy (non-hydrogen) atoms. The van der Waals surface area contributed by atoms with E-state index in [1.165, 1.54) is 11.1 Å². The van der Waals surface area contributed by atoms with Crippen molar-refractivity contribution in [3.8, 4) is 5.75 Å². The number of esters is 1. The number of likely N-dealkylation sites (N-methyl/N-ethyl adjacent to an activating group) is 1. The van der Waals surface area contributed by atoms with Crippen molar-refractivity contribution < 1.29 is 14.3 Å². The van der Waals surface area contributed by atoms with E-state index in [0.717, 1.165) is 25.3 Å². The smallest absolute Gasteiger partial charge is 0.320 e. The SMILES string of the molecule is CCOC(=O)CN(C)Cc1ccc2c(c1)CCO2. The van der Waals surface area contributed by atoms with Gasteiger partial charge in [0.1, 0.15) is 5.75 Å². The average molecular weight is 249 g/mol. The number of fused-ring (bicyclic) bond motifs is 1. The van der Waals surface area contributed by atoms with Gasteiger partial charge in [0.25, 0.3) is 0 Å². The van der Waals surface area contributed by atoms with Gasteiger partial charge in [-0.2, -0.15) is 0 Å². The Bertz CT molecular complexity index is 431. The first-order valence-electron chi connectivity index (χ1n) is 6.28. The van der Waals surface area contributed by atoms with Crippen LogP contribution in [0.4, 0.5) is 0 Å². The largest absolute Gasteiger partial charge is 0.493 e. The highest BCUT2D eigenvalue weighted by Crippen LogP contribution is 2.26. The molecule has 0 amide bonds. The highest BCUT2D eigenvalue weighted by Gasteiger charge is 2.13. The molecule has 0 saturated carbocycles. The minimum atomic E-state index is -0.176. The molecule has 0 N–H and O–H groups in total. The molecule has 0 radical (unpaired) electrons. The molecule has 0 fully saturated rings. The lowest BCUT2D eigenvalue weighted by molar-refractivity contribution is -0.144. The van der Waals surface area contributed by atoms with Gasteiger partial charge < -0.3 is 9.47 Å². The summed E-state index contributed by atoms with van der Waals surface area (Å²) < 4.78 is 10.4. The summed E-state index contributed by atoms with van der Waals surface area (Å²) in [6.45, 7) is 4.09. The third-order valence-electron chi connectivity index (χ3n) is 2.91. The van der Waals surface area contributed by atoms with Crippen LogP contribution in [-0.2, 0) is 22.5 Å². The third kappa shape index (κ3) is 3.23. The summed E-state index contributed by atoms with van der Waals surface area (Å²) in [5.74, 6) is 0.816. The van der Waals surface area contributed by atoms with Gasteiger partial charge in [0.15, 0.2) is 0 Å². The molecule has 1 aromatic rings. The van der Waals surface area contributed by atoms with Crippen molar-refractivity contribution in [1.29, 1.82) is 0 Å². The predicted octanol–water partition coefficient (Wildman–Crippen LogP) is 1.62. The molecule has 1 aromatic carbocycles. The Morgan fingerprint density at radius 1 is 1.50 bits per heavy atom. The highest BCUT2D eigenvalue weighted by atomic mass is 16.5. The Kier molecular flexibility index (Phi) is 4.20. The fourth-order valence-corrected chi connectivity index (χ4v) is 2.13. The molecule has 1 heterocycles. The second kappa shape index (κ2) is 5.87. The van der Waals surface area contributed by atoms with E-state index in [4.69, 9.17) is 9.47 Å². The maximum absolute atomic E-state index is 11.3. The first-order chi connectivity index (χ1) is 8.69. The lowest BCUT2D eigenvalue weighted by Gasteiger charge is -2.16. The minimum absolute atomic E-state index is 0.176. The van der Waals surface area contributed by atoms with Crippen molar-refractivity contribution >= 4 is 5.97 Å². The summed E-state index contributed by atoms with van der Waals surface area (Å²) in [7, 11) is 1.92. The van der Waals surface area contributed by atoms with Crippen LogP contribution in [0.1, 0.15) is 18.1 Å². The maximum Gasteiger partial charge on any atom is 0.320 e. The number of hydrogen-bond acceptors (Lipinski definition) is 4. The summed E-state index contributed by atoms with van der Waals surface area (Å²) >= 11 is 0. The minimum Gasteiger partial charge on any atom is -0.493 e. The zero-order valence-electron chi connectivity index (χ0n) is 10.9. The predicted molar refractivity (Wildman–Crippen MR) is 68.6 cm³/mol. The number of ether oxygens (including phenoxy) is 2. The van der Waals surface area contributed by atoms with E-state index < -0.39 is 0 Å². The molecule has 0 saturated heterocycles. The number of hydrogen-bond donors (Lipinski definition) is 0. The molecule has 4 nitrogen and oxygen atoms in total. The molecule has 1 aliphatic rings. The van der Waals surface area contributed by atoms with Crippen molar-refractivity contribution in [3.05, 3.63) is 29.3 Å². The molecule has 0 atom stereocenters. The number of benzene rings is 1. The number of rotatable bonds is 5. The van der Waals surface area contributed by atoms with E-state index >= 15 is 0 Å². The van der Waals surface area contributed by atoms with Crippen LogP contribution in [0.5, 0.6) is 5.75 Å². The fraction of sp³-hybridized carbons (Fsp3) is 0.500. The van der Waals surface area contributed by atoms with Crippen LogP contribution in [0.15, 0.2) is 18.2 Å². The summed E-state index contributed by atoms with van der Waals surface area (Å²) in [5.41, 5.74) is 2.46. The van der Waals surface area contributed by atoms with Crippen LogP contribution < -0.4 is 4.74 Å². The molecule has 0 unspecified atom stereocenters. The lowest BCUT2D eigenvalue weighted by atomic mass is 10.1. The lowest BCUT2D eigenvalue weighted by Crippen LogP contribution is -2.27. The van der Waals surface area contributed by atoms with E-state index in [-0.39, 0.29) is 5.97 Å². The second-order valence-electron chi connectivity index (χ2n) is 4.52. The molecule has 0 aromatic heterocycles. The number of nitrogens with zero attached hydrogens (tertiary/aromatic N) is 1. The van der Waals surface area contributed by atoms with Gasteiger partial charge in [-0.1, -0.05) is 12.1 Å². The van der Waals surface area contributed by atoms with Gasteiger partial charge in [0.05, 0.1) is 19.8 Å². The van der Waals surface area contributed by atoms with Crippen LogP contribution in [0, 0.1) is 0 Å². The molecule has 98 valence electrons. The zero-order valence-corrected chi connectivity index (χ0v) is 10.9. The van der Waals surface area contributed by atoms with Crippen molar-refractivity contribution in [3.63, 3.8) is 0 Å². The summed E-state index contributed by atoms with van der Waals surface area (Å²) in [5, 5.41) is 0. The maximum atomic E-state index is 11.3. The first kappa shape index (κ1) is 12.9. The Morgan fingerprint density at radius 3 is 3.11 bits per heavy atom. The second-order valence-corrected chi connectivity index (χ2v) is 4.52. The first-order valence-corrected chi connectivity index (χ1v) is 6.28. The van der Waals surface area contributed by atoms with Crippen LogP contribution in [0.3, 0.4) is 0 Å². The number of carbonyl (C=O) groups is 1. The summed E-state index contributed by atoms with van der Waals surface area (Å²) in [6.07, 6.45) is 0.977. The zero-order chi connectivity index (χ0) is 13.0. The Hall–Kier alpha value is -1.55. The molecule has 1 aliphatic heterocycles. The number of carbonyl (C=O) groups excluding carboxylic acids is 1. The Balaban J connectivity index is 1.91. The fourth-order valence-electron chi connectivity index (χ4n) is 2.13. The van der Waals surface area contributed by atoms with E-state index in [2.05, 4.69) is 6.07 Å². The Labute approximate surface area is 107 Å².